The lowest BCUT2D eigenvalue weighted by Gasteiger charge is -2.46. The lowest BCUT2D eigenvalue weighted by molar-refractivity contribution is -0.137. The zero-order valence-electron chi connectivity index (χ0n) is 18.3. The largest absolute Gasteiger partial charge is 0.504 e. The summed E-state index contributed by atoms with van der Waals surface area (Å²) in [5.74, 6) is 0.883. The molecule has 3 atom stereocenters. The number of methoxy groups -OCH3 is 3. The molecule has 0 bridgehead atoms. The van der Waals surface area contributed by atoms with E-state index in [0.29, 0.717) is 16.5 Å². The van der Waals surface area contributed by atoms with E-state index < -0.39 is 0 Å². The van der Waals surface area contributed by atoms with Crippen molar-refractivity contribution >= 4 is 44.4 Å². The van der Waals surface area contributed by atoms with Crippen molar-refractivity contribution in [3.8, 4) is 5.75 Å². The average molecular weight is 512 g/mol. The number of hydrogen-bond acceptors (Lipinski definition) is 5. The van der Waals surface area contributed by atoms with E-state index in [4.69, 9.17) is 25.8 Å². The minimum atomic E-state index is -0.317. The van der Waals surface area contributed by atoms with Crippen LogP contribution in [0.3, 0.4) is 0 Å². The second-order valence-corrected chi connectivity index (χ2v) is 9.41. The number of esters is 1. The van der Waals surface area contributed by atoms with Gasteiger partial charge in [-0.05, 0) is 46.2 Å². The van der Waals surface area contributed by atoms with Crippen LogP contribution in [0.25, 0.3) is 10.9 Å². The Labute approximate surface area is 196 Å². The molecule has 0 radical (unpaired) electrons. The molecule has 4 rings (SSSR count). The second-order valence-electron chi connectivity index (χ2n) is 8.21. The first-order valence-electron chi connectivity index (χ1n) is 10.6. The summed E-state index contributed by atoms with van der Waals surface area (Å²) in [7, 11) is 4.67. The van der Waals surface area contributed by atoms with Crippen molar-refractivity contribution in [1.82, 2.24) is 9.88 Å². The summed E-state index contributed by atoms with van der Waals surface area (Å²) in [4.78, 5) is 18.7. The number of benzene rings is 1. The number of hydrogen-bond donors (Lipinski definition) is 1. The minimum Gasteiger partial charge on any atom is -0.504 e. The van der Waals surface area contributed by atoms with Gasteiger partial charge in [-0.3, -0.25) is 4.90 Å². The normalized spacial score (nSPS) is 23.9. The zero-order chi connectivity index (χ0) is 22.3. The highest BCUT2D eigenvalue weighted by Gasteiger charge is 2.43. The van der Waals surface area contributed by atoms with Gasteiger partial charge in [0.15, 0.2) is 0 Å². The number of piperidine rings is 1. The van der Waals surface area contributed by atoms with Crippen LogP contribution in [0.2, 0.25) is 5.02 Å². The third-order valence-electron chi connectivity index (χ3n) is 6.82. The molecule has 0 saturated carbocycles. The molecule has 31 heavy (non-hydrogen) atoms. The Morgan fingerprint density at radius 2 is 2.16 bits per heavy atom. The highest BCUT2D eigenvalue weighted by Crippen LogP contribution is 2.49. The fraction of sp³-hybridized carbons (Fsp3) is 0.522. The van der Waals surface area contributed by atoms with E-state index in [1.807, 2.05) is 6.07 Å². The number of nitrogens with zero attached hydrogens (tertiary/aromatic N) is 1. The number of fused-ring (bicyclic) bond motifs is 5. The molecule has 0 aliphatic carbocycles. The average Bonchev–Trinajstić information content (AvgIpc) is 3.19. The molecule has 3 heterocycles. The number of ether oxygens (including phenoxy) is 3. The Hall–Kier alpha value is -1.70. The monoisotopic (exact) mass is 510 g/mol. The minimum absolute atomic E-state index is 0.0601. The summed E-state index contributed by atoms with van der Waals surface area (Å²) in [6.07, 6.45) is 4.30. The van der Waals surface area contributed by atoms with E-state index in [1.54, 1.807) is 20.5 Å². The van der Waals surface area contributed by atoms with Gasteiger partial charge in [0, 0.05) is 30.2 Å². The molecular formula is C23H28BrClN2O4. The van der Waals surface area contributed by atoms with Crippen LogP contribution >= 0.6 is 27.5 Å². The zero-order valence-corrected chi connectivity index (χ0v) is 20.6. The summed E-state index contributed by atoms with van der Waals surface area (Å²) >= 11 is 10.1. The van der Waals surface area contributed by atoms with E-state index in [1.165, 1.54) is 18.4 Å². The summed E-state index contributed by atoms with van der Waals surface area (Å²) in [6, 6.07) is 2.03. The molecule has 1 fully saturated rings. The number of nitrogens with one attached hydrogen (secondary N) is 1. The quantitative estimate of drug-likeness (QED) is 0.338. The number of halogens is 2. The summed E-state index contributed by atoms with van der Waals surface area (Å²) in [5.41, 5.74) is 4.03. The van der Waals surface area contributed by atoms with Gasteiger partial charge in [-0.15, -0.1) is 0 Å². The topological polar surface area (TPSA) is 63.8 Å². The lowest BCUT2D eigenvalue weighted by atomic mass is 9.74. The molecule has 2 aromatic rings. The van der Waals surface area contributed by atoms with E-state index in [0.717, 1.165) is 53.5 Å². The Morgan fingerprint density at radius 3 is 2.81 bits per heavy atom. The Morgan fingerprint density at radius 1 is 1.39 bits per heavy atom. The van der Waals surface area contributed by atoms with E-state index in [9.17, 15) is 4.79 Å². The van der Waals surface area contributed by atoms with Crippen LogP contribution in [-0.2, 0) is 20.7 Å². The van der Waals surface area contributed by atoms with Gasteiger partial charge < -0.3 is 19.2 Å². The predicted octanol–water partition coefficient (Wildman–Crippen LogP) is 5.24. The predicted molar refractivity (Wildman–Crippen MR) is 125 cm³/mol. The standard InChI is InChI=1S/C23H28BrClN2O4/c1-5-12-10-27-7-6-13-19-18(30-3)9-16(25)20(24)22(19)26-21(13)17(27)8-14(12)15(11-29-2)23(28)31-4/h9,11-12,14,17,26H,5-8,10H2,1-4H3/b15-11+/t12-,14+,17+/m1/s1. The fourth-order valence-electron chi connectivity index (χ4n) is 5.34. The number of carbonyl (C=O) groups is 1. The van der Waals surface area contributed by atoms with E-state index in [2.05, 4.69) is 32.7 Å². The van der Waals surface area contributed by atoms with Crippen molar-refractivity contribution < 1.29 is 19.0 Å². The molecule has 168 valence electrons. The van der Waals surface area contributed by atoms with E-state index >= 15 is 0 Å². The molecule has 0 amide bonds. The smallest absolute Gasteiger partial charge is 0.337 e. The lowest BCUT2D eigenvalue weighted by Crippen LogP contribution is -2.47. The van der Waals surface area contributed by atoms with Crippen molar-refractivity contribution in [1.29, 1.82) is 0 Å². The number of aromatic nitrogens is 1. The number of carbonyl (C=O) groups excluding carboxylic acids is 1. The maximum Gasteiger partial charge on any atom is 0.337 e. The van der Waals surface area contributed by atoms with Gasteiger partial charge in [-0.25, -0.2) is 4.79 Å². The van der Waals surface area contributed by atoms with Gasteiger partial charge in [0.2, 0.25) is 0 Å². The molecule has 6 nitrogen and oxygen atoms in total. The molecule has 8 heteroatoms. The van der Waals surface area contributed by atoms with Crippen molar-refractivity contribution in [3.63, 3.8) is 0 Å². The Balaban J connectivity index is 1.81. The first-order chi connectivity index (χ1) is 14.9. The van der Waals surface area contributed by atoms with Crippen molar-refractivity contribution in [2.45, 2.75) is 32.2 Å². The summed E-state index contributed by atoms with van der Waals surface area (Å²) in [5, 5.41) is 1.70. The van der Waals surface area contributed by atoms with Crippen LogP contribution in [0.15, 0.2) is 22.4 Å². The van der Waals surface area contributed by atoms with Crippen LogP contribution in [0, 0.1) is 11.8 Å². The third-order valence-corrected chi connectivity index (χ3v) is 8.17. The first-order valence-corrected chi connectivity index (χ1v) is 11.7. The third kappa shape index (κ3) is 3.74. The number of aromatic amines is 1. The van der Waals surface area contributed by atoms with Crippen LogP contribution in [0.5, 0.6) is 5.75 Å². The van der Waals surface area contributed by atoms with E-state index in [-0.39, 0.29) is 17.9 Å². The molecule has 1 N–H and O–H groups in total. The molecule has 1 aromatic carbocycles. The number of rotatable bonds is 5. The van der Waals surface area contributed by atoms with Crippen molar-refractivity contribution in [3.05, 3.63) is 38.7 Å². The molecule has 2 aliphatic heterocycles. The van der Waals surface area contributed by atoms with Crippen LogP contribution < -0.4 is 4.74 Å². The maximum absolute atomic E-state index is 12.5. The van der Waals surface area contributed by atoms with Crippen LogP contribution in [0.1, 0.15) is 37.1 Å². The van der Waals surface area contributed by atoms with Crippen molar-refractivity contribution in [2.24, 2.45) is 11.8 Å². The molecule has 0 unspecified atom stereocenters. The summed E-state index contributed by atoms with van der Waals surface area (Å²) < 4.78 is 16.9. The van der Waals surface area contributed by atoms with Gasteiger partial charge in [0.05, 0.1) is 54.2 Å². The van der Waals surface area contributed by atoms with Gasteiger partial charge in [-0.1, -0.05) is 24.9 Å². The van der Waals surface area contributed by atoms with Crippen LogP contribution in [0.4, 0.5) is 0 Å². The second kappa shape index (κ2) is 9.04. The van der Waals surface area contributed by atoms with Crippen molar-refractivity contribution in [2.75, 3.05) is 34.4 Å². The highest BCUT2D eigenvalue weighted by atomic mass is 79.9. The van der Waals surface area contributed by atoms with Crippen LogP contribution in [-0.4, -0.2) is 50.3 Å². The van der Waals surface area contributed by atoms with Gasteiger partial charge in [-0.2, -0.15) is 0 Å². The van der Waals surface area contributed by atoms with Gasteiger partial charge in [0.25, 0.3) is 0 Å². The Kier molecular flexibility index (Phi) is 6.56. The first kappa shape index (κ1) is 22.5. The SMILES string of the molecule is CC[C@@H]1CN2CCc3c([nH]c4c(Br)c(Cl)cc(OC)c34)[C@@H]2C[C@@H]1/C(=C\OC)C(=O)OC. The fourth-order valence-corrected chi connectivity index (χ4v) is 5.94. The van der Waals surface area contributed by atoms with Gasteiger partial charge >= 0.3 is 5.97 Å². The number of H-pyrrole nitrogens is 1. The molecule has 0 spiro atoms. The molecule has 1 aromatic heterocycles. The molecule has 1 saturated heterocycles. The Bertz CT molecular complexity index is 1030. The molecule has 2 aliphatic rings. The highest BCUT2D eigenvalue weighted by molar-refractivity contribution is 9.10. The summed E-state index contributed by atoms with van der Waals surface area (Å²) in [6.45, 7) is 4.08. The maximum atomic E-state index is 12.5. The van der Waals surface area contributed by atoms with Gasteiger partial charge in [0.1, 0.15) is 5.75 Å². The molecular weight excluding hydrogens is 484 g/mol.